The van der Waals surface area contributed by atoms with Gasteiger partial charge < -0.3 is 10.6 Å². The maximum Gasteiger partial charge on any atom is 0.296 e. The predicted octanol–water partition coefficient (Wildman–Crippen LogP) is 2.90. The zero-order chi connectivity index (χ0) is 20.4. The number of nitrogens with one attached hydrogen (secondary N) is 2. The number of hydrogen-bond acceptors (Lipinski definition) is 5. The van der Waals surface area contributed by atoms with Crippen LogP contribution in [0.1, 0.15) is 31.4 Å². The van der Waals surface area contributed by atoms with Gasteiger partial charge in [-0.05, 0) is 35.1 Å². The highest BCUT2D eigenvalue weighted by molar-refractivity contribution is 7.10. The Labute approximate surface area is 171 Å². The predicted molar refractivity (Wildman–Crippen MR) is 111 cm³/mol. The summed E-state index contributed by atoms with van der Waals surface area (Å²) in [7, 11) is 0. The Kier molecular flexibility index (Phi) is 4.94. The lowest BCUT2D eigenvalue weighted by Crippen LogP contribution is -2.25. The maximum absolute atomic E-state index is 12.1. The molecule has 2 amide bonds. The third-order valence-electron chi connectivity index (χ3n) is 4.57. The standard InChI is InChI=1S/C22H15N3O3S/c1-2-18-24-17(12-29-18)21(27)23-11-10-13-6-8-14(9-7-13)15-4-3-5-16-19(15)20(26)22(28)25-16/h1,3-9,12H,10-11H2,(H,23,27)(H,25,26,28). The quantitative estimate of drug-likeness (QED) is 0.508. The van der Waals surface area contributed by atoms with Crippen molar-refractivity contribution in [1.29, 1.82) is 0 Å². The number of hydrogen-bond donors (Lipinski definition) is 2. The number of fused-ring (bicyclic) bond motifs is 1. The molecular formula is C22H15N3O3S. The number of carbonyl (C=O) groups excluding carboxylic acids is 3. The van der Waals surface area contributed by atoms with Gasteiger partial charge in [0.2, 0.25) is 0 Å². The van der Waals surface area contributed by atoms with Gasteiger partial charge in [-0.25, -0.2) is 4.98 Å². The molecule has 0 saturated carbocycles. The van der Waals surface area contributed by atoms with E-state index < -0.39 is 11.7 Å². The van der Waals surface area contributed by atoms with Crippen LogP contribution in [0.2, 0.25) is 0 Å². The Bertz CT molecular complexity index is 1170. The highest BCUT2D eigenvalue weighted by Crippen LogP contribution is 2.33. The molecule has 1 aromatic heterocycles. The lowest BCUT2D eigenvalue weighted by molar-refractivity contribution is -0.112. The second-order valence-electron chi connectivity index (χ2n) is 6.40. The van der Waals surface area contributed by atoms with E-state index in [1.54, 1.807) is 17.5 Å². The minimum atomic E-state index is -0.603. The van der Waals surface area contributed by atoms with Gasteiger partial charge >= 0.3 is 0 Å². The first kappa shape index (κ1) is 18.6. The number of anilines is 1. The zero-order valence-corrected chi connectivity index (χ0v) is 16.0. The molecule has 0 saturated heterocycles. The molecule has 0 fully saturated rings. The third-order valence-corrected chi connectivity index (χ3v) is 5.34. The Morgan fingerprint density at radius 2 is 1.97 bits per heavy atom. The van der Waals surface area contributed by atoms with E-state index in [0.717, 1.165) is 16.7 Å². The fourth-order valence-corrected chi connectivity index (χ4v) is 3.74. The molecule has 29 heavy (non-hydrogen) atoms. The van der Waals surface area contributed by atoms with Gasteiger partial charge in [0, 0.05) is 11.9 Å². The summed E-state index contributed by atoms with van der Waals surface area (Å²) in [5.74, 6) is 1.03. The van der Waals surface area contributed by atoms with Gasteiger partial charge in [-0.1, -0.05) is 36.4 Å². The fourth-order valence-electron chi connectivity index (χ4n) is 3.14. The molecule has 0 unspecified atom stereocenters. The van der Waals surface area contributed by atoms with E-state index in [0.29, 0.717) is 34.9 Å². The number of terminal acetylenes is 1. The van der Waals surface area contributed by atoms with E-state index in [1.807, 2.05) is 30.3 Å². The second kappa shape index (κ2) is 7.70. The molecule has 2 heterocycles. The molecular weight excluding hydrogens is 386 g/mol. The van der Waals surface area contributed by atoms with Crippen LogP contribution in [0.25, 0.3) is 11.1 Å². The van der Waals surface area contributed by atoms with Crippen LogP contribution in [-0.4, -0.2) is 29.1 Å². The zero-order valence-electron chi connectivity index (χ0n) is 15.2. The number of rotatable bonds is 5. The first-order chi connectivity index (χ1) is 14.1. The molecule has 142 valence electrons. The number of nitrogens with zero attached hydrogens (tertiary/aromatic N) is 1. The number of amides is 2. The minimum absolute atomic E-state index is 0.255. The van der Waals surface area contributed by atoms with Gasteiger partial charge in [-0.2, -0.15) is 0 Å². The van der Waals surface area contributed by atoms with Gasteiger partial charge in [0.05, 0.1) is 11.3 Å². The van der Waals surface area contributed by atoms with Crippen LogP contribution in [0.5, 0.6) is 0 Å². The smallest absolute Gasteiger partial charge is 0.296 e. The van der Waals surface area contributed by atoms with Crippen molar-refractivity contribution in [3.05, 3.63) is 69.7 Å². The van der Waals surface area contributed by atoms with Crippen molar-refractivity contribution in [2.45, 2.75) is 6.42 Å². The normalized spacial score (nSPS) is 12.2. The highest BCUT2D eigenvalue weighted by Gasteiger charge is 2.30. The molecule has 3 aromatic rings. The number of thiazole rings is 1. The van der Waals surface area contributed by atoms with Crippen LogP contribution in [0.4, 0.5) is 5.69 Å². The monoisotopic (exact) mass is 401 g/mol. The molecule has 7 heteroatoms. The molecule has 1 aliphatic rings. The summed E-state index contributed by atoms with van der Waals surface area (Å²) in [5.41, 5.74) is 3.88. The van der Waals surface area contributed by atoms with Gasteiger partial charge in [-0.3, -0.25) is 14.4 Å². The molecule has 2 aromatic carbocycles. The Balaban J connectivity index is 1.41. The number of benzene rings is 2. The van der Waals surface area contributed by atoms with Crippen molar-refractivity contribution in [2.24, 2.45) is 0 Å². The summed E-state index contributed by atoms with van der Waals surface area (Å²) in [6.45, 7) is 0.457. The van der Waals surface area contributed by atoms with Crippen LogP contribution in [0, 0.1) is 12.3 Å². The number of aromatic nitrogens is 1. The van der Waals surface area contributed by atoms with Crippen molar-refractivity contribution >= 4 is 34.6 Å². The molecule has 2 N–H and O–H groups in total. The van der Waals surface area contributed by atoms with E-state index in [9.17, 15) is 14.4 Å². The summed E-state index contributed by atoms with van der Waals surface area (Å²) in [5, 5.41) is 7.52. The number of ketones is 1. The van der Waals surface area contributed by atoms with Gasteiger partial charge in [-0.15, -0.1) is 17.8 Å². The van der Waals surface area contributed by atoms with E-state index in [-0.39, 0.29) is 5.91 Å². The minimum Gasteiger partial charge on any atom is -0.350 e. The van der Waals surface area contributed by atoms with E-state index in [1.165, 1.54) is 11.3 Å². The first-order valence-electron chi connectivity index (χ1n) is 8.85. The van der Waals surface area contributed by atoms with E-state index in [2.05, 4.69) is 21.5 Å². The molecule has 0 radical (unpaired) electrons. The molecule has 4 rings (SSSR count). The van der Waals surface area contributed by atoms with Crippen LogP contribution in [0.3, 0.4) is 0 Å². The van der Waals surface area contributed by atoms with Crippen LogP contribution >= 0.6 is 11.3 Å². The number of Topliss-reactive ketones (excluding diaryl/α,β-unsaturated/α-hetero) is 1. The van der Waals surface area contributed by atoms with Gasteiger partial charge in [0.15, 0.2) is 5.01 Å². The van der Waals surface area contributed by atoms with Crippen LogP contribution < -0.4 is 10.6 Å². The summed E-state index contributed by atoms with van der Waals surface area (Å²) in [4.78, 5) is 39.9. The summed E-state index contributed by atoms with van der Waals surface area (Å²) >= 11 is 1.26. The largest absolute Gasteiger partial charge is 0.350 e. The molecule has 6 nitrogen and oxygen atoms in total. The summed E-state index contributed by atoms with van der Waals surface area (Å²) in [6, 6.07) is 13.0. The Hall–Kier alpha value is -3.76. The van der Waals surface area contributed by atoms with Crippen molar-refractivity contribution in [3.63, 3.8) is 0 Å². The molecule has 0 bridgehead atoms. The van der Waals surface area contributed by atoms with Crippen molar-refractivity contribution in [3.8, 4) is 23.5 Å². The highest BCUT2D eigenvalue weighted by atomic mass is 32.1. The Morgan fingerprint density at radius 1 is 1.17 bits per heavy atom. The Morgan fingerprint density at radius 3 is 2.69 bits per heavy atom. The lowest BCUT2D eigenvalue weighted by Gasteiger charge is -2.08. The van der Waals surface area contributed by atoms with Crippen LogP contribution in [-0.2, 0) is 11.2 Å². The van der Waals surface area contributed by atoms with E-state index in [4.69, 9.17) is 6.42 Å². The maximum atomic E-state index is 12.1. The second-order valence-corrected chi connectivity index (χ2v) is 7.25. The summed E-state index contributed by atoms with van der Waals surface area (Å²) in [6.07, 6.45) is 5.91. The molecule has 0 aliphatic carbocycles. The topological polar surface area (TPSA) is 88.2 Å². The van der Waals surface area contributed by atoms with Gasteiger partial charge in [0.25, 0.3) is 17.6 Å². The first-order valence-corrected chi connectivity index (χ1v) is 9.73. The van der Waals surface area contributed by atoms with Crippen molar-refractivity contribution < 1.29 is 14.4 Å². The SMILES string of the molecule is C#Cc1nc(C(=O)NCCc2ccc(-c3cccc4c3C(=O)C(=O)N4)cc2)cs1. The fraction of sp³-hybridized carbons (Fsp3) is 0.0909. The third kappa shape index (κ3) is 3.66. The average Bonchev–Trinajstić information content (AvgIpc) is 3.33. The summed E-state index contributed by atoms with van der Waals surface area (Å²) < 4.78 is 0. The number of carbonyl (C=O) groups is 3. The average molecular weight is 401 g/mol. The molecule has 0 atom stereocenters. The van der Waals surface area contributed by atoms with E-state index >= 15 is 0 Å². The lowest BCUT2D eigenvalue weighted by atomic mass is 9.96. The molecule has 0 spiro atoms. The van der Waals surface area contributed by atoms with Crippen LogP contribution in [0.15, 0.2) is 47.8 Å². The van der Waals surface area contributed by atoms with Crippen molar-refractivity contribution in [1.82, 2.24) is 10.3 Å². The molecule has 1 aliphatic heterocycles. The van der Waals surface area contributed by atoms with Crippen molar-refractivity contribution in [2.75, 3.05) is 11.9 Å². The van der Waals surface area contributed by atoms with Gasteiger partial charge in [0.1, 0.15) is 5.69 Å².